The Morgan fingerprint density at radius 1 is 1.05 bits per heavy atom. The Morgan fingerprint density at radius 3 is 2.55 bits per heavy atom. The normalized spacial score (nSPS) is 14.6. The predicted molar refractivity (Wildman–Crippen MR) is 170 cm³/mol. The van der Waals surface area contributed by atoms with E-state index in [1.807, 2.05) is 24.3 Å². The Labute approximate surface area is 264 Å². The Kier molecular flexibility index (Phi) is 9.67. The van der Waals surface area contributed by atoms with Crippen LogP contribution in [0.15, 0.2) is 72.8 Å². The number of nitrogens with one attached hydrogen (secondary N) is 3. The standard InChI is InChI=1S/C33H30Cl2N4O5/c1-19(40)44-27-17-23-8-6-21(14-24(23)18-27)16-28(37-29(41)13-7-20-4-3-5-25(34)15-20)32-38-30(31(35)39-32)22-9-11-26(12-10-22)36-33(42)43-2/h3-15,27-28H,16-18H2,1-2H3,(H,36,42)(H,37,41)(H,38,39)/t27?,28-/m0/s1. The first kappa shape index (κ1) is 30.8. The molecule has 0 spiro atoms. The molecule has 11 heteroatoms. The molecule has 2 amide bonds. The minimum Gasteiger partial charge on any atom is -0.462 e. The van der Waals surface area contributed by atoms with E-state index < -0.39 is 12.1 Å². The number of H-pyrrole nitrogens is 1. The first-order valence-corrected chi connectivity index (χ1v) is 14.6. The molecule has 0 saturated heterocycles. The van der Waals surface area contributed by atoms with E-state index >= 15 is 0 Å². The van der Waals surface area contributed by atoms with Crippen LogP contribution in [0.5, 0.6) is 0 Å². The van der Waals surface area contributed by atoms with Gasteiger partial charge in [-0.05, 0) is 59.0 Å². The number of halogens is 2. The summed E-state index contributed by atoms with van der Waals surface area (Å²) in [4.78, 5) is 44.0. The van der Waals surface area contributed by atoms with Gasteiger partial charge in [0.25, 0.3) is 0 Å². The van der Waals surface area contributed by atoms with Crippen LogP contribution >= 0.6 is 23.2 Å². The summed E-state index contributed by atoms with van der Waals surface area (Å²) >= 11 is 12.7. The molecule has 4 aromatic rings. The quantitative estimate of drug-likeness (QED) is 0.139. The van der Waals surface area contributed by atoms with Crippen molar-refractivity contribution in [1.29, 1.82) is 0 Å². The molecule has 0 bridgehead atoms. The van der Waals surface area contributed by atoms with Gasteiger partial charge in [-0.3, -0.25) is 14.9 Å². The van der Waals surface area contributed by atoms with Crippen LogP contribution in [0.1, 0.15) is 41.0 Å². The number of carbonyl (C=O) groups is 3. The van der Waals surface area contributed by atoms with Crippen molar-refractivity contribution in [3.63, 3.8) is 0 Å². The van der Waals surface area contributed by atoms with Crippen LogP contribution in [-0.4, -0.2) is 41.2 Å². The fourth-order valence-corrected chi connectivity index (χ4v) is 5.58. The number of fused-ring (bicyclic) bond motifs is 1. The number of aromatic nitrogens is 2. The molecule has 0 fully saturated rings. The largest absolute Gasteiger partial charge is 0.462 e. The Bertz CT molecular complexity index is 1720. The molecule has 1 aromatic heterocycles. The summed E-state index contributed by atoms with van der Waals surface area (Å²) in [5.41, 5.74) is 5.78. The Hall–Kier alpha value is -4.60. The van der Waals surface area contributed by atoms with Gasteiger partial charge in [-0.15, -0.1) is 0 Å². The lowest BCUT2D eigenvalue weighted by atomic mass is 10.0. The smallest absolute Gasteiger partial charge is 0.411 e. The summed E-state index contributed by atoms with van der Waals surface area (Å²) < 4.78 is 10.1. The van der Waals surface area contributed by atoms with Crippen LogP contribution in [0.25, 0.3) is 17.3 Å². The molecule has 0 aliphatic heterocycles. The van der Waals surface area contributed by atoms with Gasteiger partial charge in [0.1, 0.15) is 22.8 Å². The van der Waals surface area contributed by atoms with Gasteiger partial charge in [-0.1, -0.05) is 65.7 Å². The van der Waals surface area contributed by atoms with Gasteiger partial charge in [-0.25, -0.2) is 9.78 Å². The molecule has 9 nitrogen and oxygen atoms in total. The molecule has 2 atom stereocenters. The van der Waals surface area contributed by atoms with Crippen LogP contribution in [0, 0.1) is 0 Å². The van der Waals surface area contributed by atoms with Crippen LogP contribution in [0.4, 0.5) is 10.5 Å². The molecular formula is C33H30Cl2N4O5. The highest BCUT2D eigenvalue weighted by molar-refractivity contribution is 6.32. The van der Waals surface area contributed by atoms with E-state index in [1.165, 1.54) is 20.1 Å². The molecule has 1 heterocycles. The second-order valence-corrected chi connectivity index (χ2v) is 11.2. The molecule has 3 N–H and O–H groups in total. The highest BCUT2D eigenvalue weighted by atomic mass is 35.5. The Morgan fingerprint density at radius 2 is 1.82 bits per heavy atom. The van der Waals surface area contributed by atoms with Crippen molar-refractivity contribution in [3.05, 3.63) is 111 Å². The maximum atomic E-state index is 13.1. The van der Waals surface area contributed by atoms with Crippen molar-refractivity contribution in [2.45, 2.75) is 38.3 Å². The number of amides is 2. The lowest BCUT2D eigenvalue weighted by Gasteiger charge is -2.17. The topological polar surface area (TPSA) is 122 Å². The maximum Gasteiger partial charge on any atom is 0.411 e. The lowest BCUT2D eigenvalue weighted by molar-refractivity contribution is -0.145. The summed E-state index contributed by atoms with van der Waals surface area (Å²) in [5, 5.41) is 6.54. The Balaban J connectivity index is 1.39. The highest BCUT2D eigenvalue weighted by Crippen LogP contribution is 2.31. The second kappa shape index (κ2) is 13.8. The van der Waals surface area contributed by atoms with E-state index in [9.17, 15) is 14.4 Å². The highest BCUT2D eigenvalue weighted by Gasteiger charge is 2.26. The van der Waals surface area contributed by atoms with E-state index in [0.29, 0.717) is 52.2 Å². The van der Waals surface area contributed by atoms with Crippen LogP contribution in [0.3, 0.4) is 0 Å². The van der Waals surface area contributed by atoms with Crippen molar-refractivity contribution >= 4 is 52.9 Å². The number of methoxy groups -OCH3 is 1. The first-order chi connectivity index (χ1) is 21.2. The van der Waals surface area contributed by atoms with Crippen molar-refractivity contribution in [3.8, 4) is 11.3 Å². The fraction of sp³-hybridized carbons (Fsp3) is 0.212. The van der Waals surface area contributed by atoms with Gasteiger partial charge < -0.3 is 19.8 Å². The number of benzene rings is 3. The van der Waals surface area contributed by atoms with Gasteiger partial charge in [0, 0.05) is 42.1 Å². The molecule has 1 unspecified atom stereocenters. The SMILES string of the molecule is COC(=O)Nc1ccc(-c2nc([C@H](Cc3ccc4c(c3)CC(OC(C)=O)C4)NC(=O)C=Cc3cccc(Cl)c3)[nH]c2Cl)cc1. The number of ether oxygens (including phenoxy) is 2. The number of aromatic amines is 1. The van der Waals surface area contributed by atoms with E-state index in [-0.39, 0.29) is 18.0 Å². The molecule has 1 aliphatic rings. The van der Waals surface area contributed by atoms with Crippen molar-refractivity contribution < 1.29 is 23.9 Å². The third-order valence-corrected chi connectivity index (χ3v) is 7.64. The van der Waals surface area contributed by atoms with E-state index in [0.717, 1.165) is 22.3 Å². The first-order valence-electron chi connectivity index (χ1n) is 13.9. The number of anilines is 1. The molecule has 44 heavy (non-hydrogen) atoms. The van der Waals surface area contributed by atoms with Crippen molar-refractivity contribution in [2.75, 3.05) is 12.4 Å². The van der Waals surface area contributed by atoms with E-state index in [2.05, 4.69) is 26.4 Å². The van der Waals surface area contributed by atoms with E-state index in [4.69, 9.17) is 32.9 Å². The van der Waals surface area contributed by atoms with Crippen LogP contribution in [-0.2, 0) is 38.3 Å². The van der Waals surface area contributed by atoms with Crippen molar-refractivity contribution in [2.24, 2.45) is 0 Å². The third-order valence-electron chi connectivity index (χ3n) is 7.13. The third kappa shape index (κ3) is 7.86. The summed E-state index contributed by atoms with van der Waals surface area (Å²) in [7, 11) is 1.29. The molecule has 0 saturated carbocycles. The second-order valence-electron chi connectivity index (χ2n) is 10.4. The van der Waals surface area contributed by atoms with Crippen LogP contribution < -0.4 is 10.6 Å². The van der Waals surface area contributed by atoms with Gasteiger partial charge in [-0.2, -0.15) is 0 Å². The summed E-state index contributed by atoms with van der Waals surface area (Å²) in [5.74, 6) is -0.139. The average Bonchev–Trinajstić information content (AvgIpc) is 3.58. The van der Waals surface area contributed by atoms with Gasteiger partial charge in [0.15, 0.2) is 0 Å². The zero-order chi connectivity index (χ0) is 31.2. The number of imidazole rings is 1. The zero-order valence-corrected chi connectivity index (χ0v) is 25.5. The number of nitrogens with zero attached hydrogens (tertiary/aromatic N) is 1. The molecular weight excluding hydrogens is 603 g/mol. The van der Waals surface area contributed by atoms with Crippen LogP contribution in [0.2, 0.25) is 10.2 Å². The summed E-state index contributed by atoms with van der Waals surface area (Å²) in [6, 6.07) is 19.7. The van der Waals surface area contributed by atoms with Gasteiger partial charge in [0.2, 0.25) is 5.91 Å². The number of rotatable bonds is 9. The summed E-state index contributed by atoms with van der Waals surface area (Å²) in [6.07, 6.45) is 4.12. The fourth-order valence-electron chi connectivity index (χ4n) is 5.14. The minimum absolute atomic E-state index is 0.175. The zero-order valence-electron chi connectivity index (χ0n) is 24.0. The number of carbonyl (C=O) groups excluding carboxylic acids is 3. The molecule has 226 valence electrons. The molecule has 5 rings (SSSR count). The minimum atomic E-state index is -0.575. The lowest BCUT2D eigenvalue weighted by Crippen LogP contribution is -2.29. The number of hydrogen-bond acceptors (Lipinski definition) is 6. The van der Waals surface area contributed by atoms with E-state index in [1.54, 1.807) is 42.5 Å². The summed E-state index contributed by atoms with van der Waals surface area (Å²) in [6.45, 7) is 1.42. The van der Waals surface area contributed by atoms with Crippen molar-refractivity contribution in [1.82, 2.24) is 15.3 Å². The number of esters is 1. The molecule has 3 aromatic carbocycles. The van der Waals surface area contributed by atoms with Gasteiger partial charge in [0.05, 0.1) is 13.2 Å². The average molecular weight is 634 g/mol. The monoisotopic (exact) mass is 632 g/mol. The maximum absolute atomic E-state index is 13.1. The molecule has 1 aliphatic carbocycles. The van der Waals surface area contributed by atoms with Gasteiger partial charge >= 0.3 is 12.1 Å². The molecule has 0 radical (unpaired) electrons. The predicted octanol–water partition coefficient (Wildman–Crippen LogP) is 6.71. The number of hydrogen-bond donors (Lipinski definition) is 3.